The van der Waals surface area contributed by atoms with Gasteiger partial charge in [-0.05, 0) is 24.1 Å². The fourth-order valence-corrected chi connectivity index (χ4v) is 2.63. The molecule has 0 aliphatic rings. The summed E-state index contributed by atoms with van der Waals surface area (Å²) in [5, 5.41) is 3.50. The standard InChI is InChI=1S/C15H20BrN3O2/c1-4-12(15-17-5-6-18-15)19-9-10-7-13(20-2)14(21-3)8-11(10)16/h5-8,12,19H,4,9H2,1-3H3,(H,17,18). The molecular formula is C15H20BrN3O2. The second-order valence-corrected chi connectivity index (χ2v) is 5.47. The molecule has 6 heteroatoms. The number of H-pyrrole nitrogens is 1. The maximum atomic E-state index is 5.35. The van der Waals surface area contributed by atoms with Gasteiger partial charge >= 0.3 is 0 Å². The van der Waals surface area contributed by atoms with Gasteiger partial charge in [-0.1, -0.05) is 22.9 Å². The molecule has 5 nitrogen and oxygen atoms in total. The van der Waals surface area contributed by atoms with Crippen LogP contribution in [0.4, 0.5) is 0 Å². The summed E-state index contributed by atoms with van der Waals surface area (Å²) in [5.74, 6) is 2.39. The number of aromatic amines is 1. The zero-order valence-corrected chi connectivity index (χ0v) is 14.0. The smallest absolute Gasteiger partial charge is 0.161 e. The first-order valence-corrected chi connectivity index (χ1v) is 7.62. The van der Waals surface area contributed by atoms with Crippen LogP contribution in [-0.4, -0.2) is 24.2 Å². The molecular weight excluding hydrogens is 334 g/mol. The van der Waals surface area contributed by atoms with Gasteiger partial charge in [0.05, 0.1) is 20.3 Å². The molecule has 0 spiro atoms. The Hall–Kier alpha value is -1.53. The molecule has 1 unspecified atom stereocenters. The molecule has 0 aliphatic carbocycles. The van der Waals surface area contributed by atoms with Crippen LogP contribution in [-0.2, 0) is 6.54 Å². The fourth-order valence-electron chi connectivity index (χ4n) is 2.17. The minimum Gasteiger partial charge on any atom is -0.493 e. The van der Waals surface area contributed by atoms with E-state index in [1.54, 1.807) is 20.4 Å². The molecule has 1 aromatic carbocycles. The predicted molar refractivity (Wildman–Crippen MR) is 85.7 cm³/mol. The molecule has 1 atom stereocenters. The van der Waals surface area contributed by atoms with Crippen molar-refractivity contribution in [3.8, 4) is 11.5 Å². The highest BCUT2D eigenvalue weighted by Gasteiger charge is 2.14. The molecule has 2 aromatic rings. The van der Waals surface area contributed by atoms with Crippen LogP contribution in [0.1, 0.15) is 30.8 Å². The third kappa shape index (κ3) is 3.77. The van der Waals surface area contributed by atoms with Crippen LogP contribution in [0.5, 0.6) is 11.5 Å². The van der Waals surface area contributed by atoms with Gasteiger partial charge < -0.3 is 19.8 Å². The molecule has 0 radical (unpaired) electrons. The van der Waals surface area contributed by atoms with Crippen molar-refractivity contribution in [1.82, 2.24) is 15.3 Å². The lowest BCUT2D eigenvalue weighted by Gasteiger charge is -2.17. The molecule has 1 heterocycles. The number of rotatable bonds is 7. The van der Waals surface area contributed by atoms with Crippen molar-refractivity contribution >= 4 is 15.9 Å². The van der Waals surface area contributed by atoms with Crippen LogP contribution in [0, 0.1) is 0 Å². The number of hydrogen-bond donors (Lipinski definition) is 2. The summed E-state index contributed by atoms with van der Waals surface area (Å²) >= 11 is 3.57. The lowest BCUT2D eigenvalue weighted by molar-refractivity contribution is 0.354. The van der Waals surface area contributed by atoms with E-state index < -0.39 is 0 Å². The van der Waals surface area contributed by atoms with E-state index >= 15 is 0 Å². The summed E-state index contributed by atoms with van der Waals surface area (Å²) in [6, 6.07) is 4.09. The highest BCUT2D eigenvalue weighted by Crippen LogP contribution is 2.33. The van der Waals surface area contributed by atoms with Crippen LogP contribution in [0.2, 0.25) is 0 Å². The van der Waals surface area contributed by atoms with Crippen molar-refractivity contribution < 1.29 is 9.47 Å². The number of aromatic nitrogens is 2. The van der Waals surface area contributed by atoms with Gasteiger partial charge in [0, 0.05) is 23.4 Å². The molecule has 21 heavy (non-hydrogen) atoms. The lowest BCUT2D eigenvalue weighted by atomic mass is 10.1. The Morgan fingerprint density at radius 2 is 2.00 bits per heavy atom. The van der Waals surface area contributed by atoms with Crippen molar-refractivity contribution in [2.45, 2.75) is 25.9 Å². The van der Waals surface area contributed by atoms with Crippen molar-refractivity contribution in [3.05, 3.63) is 40.4 Å². The third-order valence-electron chi connectivity index (χ3n) is 3.35. The lowest BCUT2D eigenvalue weighted by Crippen LogP contribution is -2.21. The molecule has 2 N–H and O–H groups in total. The van der Waals surface area contributed by atoms with E-state index in [2.05, 4.69) is 38.1 Å². The first-order valence-electron chi connectivity index (χ1n) is 6.82. The molecule has 0 fully saturated rings. The summed E-state index contributed by atoms with van der Waals surface area (Å²) in [6.07, 6.45) is 4.57. The van der Waals surface area contributed by atoms with Gasteiger partial charge in [0.15, 0.2) is 11.5 Å². The summed E-state index contributed by atoms with van der Waals surface area (Å²) in [4.78, 5) is 7.46. The van der Waals surface area contributed by atoms with Gasteiger partial charge in [0.25, 0.3) is 0 Å². The number of halogens is 1. The van der Waals surface area contributed by atoms with Gasteiger partial charge in [0.2, 0.25) is 0 Å². The summed E-state index contributed by atoms with van der Waals surface area (Å²) in [6.45, 7) is 2.84. The summed E-state index contributed by atoms with van der Waals surface area (Å²) in [5.41, 5.74) is 1.11. The van der Waals surface area contributed by atoms with E-state index in [4.69, 9.17) is 9.47 Å². The van der Waals surface area contributed by atoms with E-state index in [1.165, 1.54) is 0 Å². The quantitative estimate of drug-likeness (QED) is 0.800. The highest BCUT2D eigenvalue weighted by molar-refractivity contribution is 9.10. The molecule has 0 amide bonds. The topological polar surface area (TPSA) is 59.2 Å². The molecule has 114 valence electrons. The largest absolute Gasteiger partial charge is 0.493 e. The predicted octanol–water partition coefficient (Wildman–Crippen LogP) is 3.43. The van der Waals surface area contributed by atoms with E-state index in [0.717, 1.165) is 28.0 Å². The van der Waals surface area contributed by atoms with Crippen molar-refractivity contribution in [2.75, 3.05) is 14.2 Å². The first kappa shape index (κ1) is 15.9. The van der Waals surface area contributed by atoms with E-state index in [9.17, 15) is 0 Å². The Morgan fingerprint density at radius 1 is 1.29 bits per heavy atom. The van der Waals surface area contributed by atoms with Crippen molar-refractivity contribution in [3.63, 3.8) is 0 Å². The molecule has 1 aromatic heterocycles. The highest BCUT2D eigenvalue weighted by atomic mass is 79.9. The molecule has 2 rings (SSSR count). The summed E-state index contributed by atoms with van der Waals surface area (Å²) in [7, 11) is 3.27. The Kier molecular flexibility index (Phi) is 5.64. The average molecular weight is 354 g/mol. The van der Waals surface area contributed by atoms with Gasteiger partial charge in [-0.3, -0.25) is 0 Å². The Labute approximate surface area is 133 Å². The zero-order valence-electron chi connectivity index (χ0n) is 12.4. The molecule has 0 aliphatic heterocycles. The number of hydrogen-bond acceptors (Lipinski definition) is 4. The number of nitrogens with one attached hydrogen (secondary N) is 2. The maximum Gasteiger partial charge on any atom is 0.161 e. The number of nitrogens with zero attached hydrogens (tertiary/aromatic N) is 1. The molecule has 0 bridgehead atoms. The SMILES string of the molecule is CCC(NCc1cc(OC)c(OC)cc1Br)c1ncc[nH]1. The minimum atomic E-state index is 0.194. The van der Waals surface area contributed by atoms with Gasteiger partial charge in [-0.15, -0.1) is 0 Å². The van der Waals surface area contributed by atoms with Gasteiger partial charge in [-0.25, -0.2) is 4.98 Å². The van der Waals surface area contributed by atoms with Crippen LogP contribution in [0.15, 0.2) is 29.0 Å². The zero-order chi connectivity index (χ0) is 15.2. The maximum absolute atomic E-state index is 5.35. The molecule has 0 saturated heterocycles. The number of methoxy groups -OCH3 is 2. The third-order valence-corrected chi connectivity index (χ3v) is 4.09. The summed E-state index contributed by atoms with van der Waals surface area (Å²) < 4.78 is 11.6. The van der Waals surface area contributed by atoms with Crippen molar-refractivity contribution in [2.24, 2.45) is 0 Å². The first-order chi connectivity index (χ1) is 10.2. The average Bonchev–Trinajstić information content (AvgIpc) is 3.03. The van der Waals surface area contributed by atoms with E-state index in [-0.39, 0.29) is 6.04 Å². The monoisotopic (exact) mass is 353 g/mol. The van der Waals surface area contributed by atoms with E-state index in [1.807, 2.05) is 18.3 Å². The Balaban J connectivity index is 2.12. The van der Waals surface area contributed by atoms with Crippen LogP contribution >= 0.6 is 15.9 Å². The van der Waals surface area contributed by atoms with Gasteiger partial charge in [0.1, 0.15) is 5.82 Å². The second kappa shape index (κ2) is 7.47. The second-order valence-electron chi connectivity index (χ2n) is 4.61. The van der Waals surface area contributed by atoms with Crippen LogP contribution in [0.25, 0.3) is 0 Å². The van der Waals surface area contributed by atoms with Crippen molar-refractivity contribution in [1.29, 1.82) is 0 Å². The molecule has 0 saturated carbocycles. The minimum absolute atomic E-state index is 0.194. The number of imidazole rings is 1. The van der Waals surface area contributed by atoms with Crippen LogP contribution < -0.4 is 14.8 Å². The van der Waals surface area contributed by atoms with Gasteiger partial charge in [-0.2, -0.15) is 0 Å². The van der Waals surface area contributed by atoms with Crippen LogP contribution in [0.3, 0.4) is 0 Å². The normalized spacial score (nSPS) is 12.2. The Bertz CT molecular complexity index is 573. The number of benzene rings is 1. The number of ether oxygens (including phenoxy) is 2. The van der Waals surface area contributed by atoms with E-state index in [0.29, 0.717) is 12.3 Å². The Morgan fingerprint density at radius 3 is 2.57 bits per heavy atom. The fraction of sp³-hybridized carbons (Fsp3) is 0.400.